The maximum atomic E-state index is 13.3. The molecule has 1 aliphatic carbocycles. The van der Waals surface area contributed by atoms with Gasteiger partial charge in [0.05, 0.1) is 10.5 Å². The molecule has 0 spiro atoms. The van der Waals surface area contributed by atoms with E-state index in [1.807, 2.05) is 19.1 Å². The molecule has 1 saturated heterocycles. The van der Waals surface area contributed by atoms with Crippen LogP contribution in [0, 0.1) is 6.92 Å². The Morgan fingerprint density at radius 1 is 1.30 bits per heavy atom. The minimum atomic E-state index is -0.224. The quantitative estimate of drug-likeness (QED) is 0.428. The molecule has 3 heterocycles. The van der Waals surface area contributed by atoms with E-state index in [1.165, 1.54) is 22.6 Å². The summed E-state index contributed by atoms with van der Waals surface area (Å²) in [4.78, 5) is 33.2. The summed E-state index contributed by atoms with van der Waals surface area (Å²) in [6.07, 6.45) is 10.5. The Balaban J connectivity index is 1.78. The number of carbonyl (C=O) groups excluding carboxylic acids is 1. The second-order valence-electron chi connectivity index (χ2n) is 7.63. The van der Waals surface area contributed by atoms with Crippen molar-refractivity contribution in [3.63, 3.8) is 0 Å². The highest BCUT2D eigenvalue weighted by Gasteiger charge is 2.37. The van der Waals surface area contributed by atoms with Crippen LogP contribution >= 0.6 is 24.0 Å². The zero-order valence-electron chi connectivity index (χ0n) is 16.9. The van der Waals surface area contributed by atoms with E-state index in [2.05, 4.69) is 16.9 Å². The smallest absolute Gasteiger partial charge is 0.267 e. The minimum Gasteiger partial charge on any atom is -0.366 e. The second kappa shape index (κ2) is 8.73. The fourth-order valence-electron chi connectivity index (χ4n) is 3.96. The molecule has 1 N–H and O–H groups in total. The van der Waals surface area contributed by atoms with Crippen molar-refractivity contribution >= 4 is 51.7 Å². The third-order valence-electron chi connectivity index (χ3n) is 5.46. The van der Waals surface area contributed by atoms with E-state index < -0.39 is 0 Å². The number of carbonyl (C=O) groups is 1. The first-order valence-electron chi connectivity index (χ1n) is 10.1. The first-order valence-corrected chi connectivity index (χ1v) is 11.4. The molecule has 0 radical (unpaired) electrons. The van der Waals surface area contributed by atoms with Crippen molar-refractivity contribution in [2.24, 2.45) is 0 Å². The number of hydrogen-bond acceptors (Lipinski definition) is 6. The van der Waals surface area contributed by atoms with Crippen LogP contribution in [0.5, 0.6) is 0 Å². The molecule has 6 nitrogen and oxygen atoms in total. The summed E-state index contributed by atoms with van der Waals surface area (Å²) in [5.41, 5.74) is 1.62. The van der Waals surface area contributed by atoms with Crippen LogP contribution < -0.4 is 10.9 Å². The molecule has 1 saturated carbocycles. The zero-order valence-corrected chi connectivity index (χ0v) is 18.5. The first-order chi connectivity index (χ1) is 14.5. The van der Waals surface area contributed by atoms with Crippen molar-refractivity contribution in [3.05, 3.63) is 57.4 Å². The molecule has 8 heteroatoms. The largest absolute Gasteiger partial charge is 0.366 e. The molecule has 2 aromatic rings. The van der Waals surface area contributed by atoms with Crippen LogP contribution in [0.4, 0.5) is 5.82 Å². The first kappa shape index (κ1) is 20.8. The van der Waals surface area contributed by atoms with Gasteiger partial charge >= 0.3 is 0 Å². The predicted octanol–water partition coefficient (Wildman–Crippen LogP) is 4.13. The van der Waals surface area contributed by atoms with Gasteiger partial charge in [-0.2, -0.15) is 0 Å². The Labute approximate surface area is 185 Å². The van der Waals surface area contributed by atoms with E-state index in [9.17, 15) is 9.59 Å². The van der Waals surface area contributed by atoms with Crippen LogP contribution in [0.2, 0.25) is 0 Å². The summed E-state index contributed by atoms with van der Waals surface area (Å²) in [6.45, 7) is 6.10. The number of thiocarbonyl (C=S) groups is 1. The normalized spacial score (nSPS) is 19.1. The van der Waals surface area contributed by atoms with Crippen LogP contribution in [0.1, 0.15) is 43.2 Å². The van der Waals surface area contributed by atoms with Gasteiger partial charge in [0.15, 0.2) is 0 Å². The molecule has 156 valence electrons. The molecular weight excluding hydrogens is 416 g/mol. The monoisotopic (exact) mass is 440 g/mol. The standard InChI is InChI=1S/C22H24N4O2S2/c1-3-11-23-19-16(20(27)25-13-14(2)9-10-18(25)24-19)12-17-21(28)26(22(29)30-17)15-7-5-4-6-8-15/h3,9-10,12-13,15,23H,1,4-8,11H2,2H3. The number of nitrogens with one attached hydrogen (secondary N) is 1. The molecule has 0 atom stereocenters. The molecule has 1 aliphatic heterocycles. The van der Waals surface area contributed by atoms with Gasteiger partial charge in [-0.1, -0.05) is 55.4 Å². The lowest BCUT2D eigenvalue weighted by Crippen LogP contribution is -2.39. The lowest BCUT2D eigenvalue weighted by Gasteiger charge is -2.29. The van der Waals surface area contributed by atoms with Crippen LogP contribution in [0.25, 0.3) is 11.7 Å². The number of pyridine rings is 1. The highest BCUT2D eigenvalue weighted by atomic mass is 32.2. The molecule has 0 aromatic carbocycles. The average molecular weight is 441 g/mol. The van der Waals surface area contributed by atoms with Gasteiger partial charge in [-0.3, -0.25) is 18.9 Å². The van der Waals surface area contributed by atoms with Crippen molar-refractivity contribution in [2.45, 2.75) is 45.1 Å². The highest BCUT2D eigenvalue weighted by Crippen LogP contribution is 2.37. The maximum absolute atomic E-state index is 13.3. The van der Waals surface area contributed by atoms with Gasteiger partial charge in [-0.25, -0.2) is 4.98 Å². The van der Waals surface area contributed by atoms with E-state index in [0.717, 1.165) is 31.2 Å². The second-order valence-corrected chi connectivity index (χ2v) is 9.30. The third-order valence-corrected chi connectivity index (χ3v) is 6.79. The van der Waals surface area contributed by atoms with Crippen molar-refractivity contribution in [2.75, 3.05) is 11.9 Å². The van der Waals surface area contributed by atoms with Gasteiger partial charge in [0.25, 0.3) is 11.5 Å². The molecule has 2 aromatic heterocycles. The van der Waals surface area contributed by atoms with Crippen molar-refractivity contribution < 1.29 is 4.79 Å². The van der Waals surface area contributed by atoms with Crippen LogP contribution in [-0.4, -0.2) is 37.1 Å². The Morgan fingerprint density at radius 3 is 2.80 bits per heavy atom. The van der Waals surface area contributed by atoms with Crippen LogP contribution in [0.3, 0.4) is 0 Å². The van der Waals surface area contributed by atoms with Gasteiger partial charge in [-0.15, -0.1) is 6.58 Å². The zero-order chi connectivity index (χ0) is 21.3. The van der Waals surface area contributed by atoms with Crippen molar-refractivity contribution in [1.82, 2.24) is 14.3 Å². The molecule has 2 fully saturated rings. The Morgan fingerprint density at radius 2 is 2.07 bits per heavy atom. The molecule has 4 rings (SSSR count). The molecule has 2 aliphatic rings. The van der Waals surface area contributed by atoms with Gasteiger partial charge in [0, 0.05) is 18.8 Å². The SMILES string of the molecule is C=CCNc1nc2ccc(C)cn2c(=O)c1C=C1SC(=S)N(C2CCCCC2)C1=O. The van der Waals surface area contributed by atoms with E-state index in [-0.39, 0.29) is 17.5 Å². The fraction of sp³-hybridized carbons (Fsp3) is 0.364. The lowest BCUT2D eigenvalue weighted by molar-refractivity contribution is -0.124. The van der Waals surface area contributed by atoms with Crippen molar-refractivity contribution in [3.8, 4) is 0 Å². The summed E-state index contributed by atoms with van der Waals surface area (Å²) < 4.78 is 2.09. The summed E-state index contributed by atoms with van der Waals surface area (Å²) >= 11 is 6.79. The van der Waals surface area contributed by atoms with E-state index in [1.54, 1.807) is 23.2 Å². The summed E-state index contributed by atoms with van der Waals surface area (Å²) in [7, 11) is 0. The molecular formula is C22H24N4O2S2. The maximum Gasteiger partial charge on any atom is 0.267 e. The molecule has 1 amide bonds. The predicted molar refractivity (Wildman–Crippen MR) is 127 cm³/mol. The number of nitrogens with zero attached hydrogens (tertiary/aromatic N) is 3. The van der Waals surface area contributed by atoms with E-state index in [4.69, 9.17) is 12.2 Å². The van der Waals surface area contributed by atoms with Gasteiger partial charge in [0.1, 0.15) is 15.8 Å². The number of hydrogen-bond donors (Lipinski definition) is 1. The number of thioether (sulfide) groups is 1. The van der Waals surface area contributed by atoms with E-state index in [0.29, 0.717) is 32.8 Å². The summed E-state index contributed by atoms with van der Waals surface area (Å²) in [6, 6.07) is 3.88. The number of rotatable bonds is 5. The van der Waals surface area contributed by atoms with Gasteiger partial charge in [-0.05, 0) is 37.5 Å². The number of anilines is 1. The molecule has 0 unspecified atom stereocenters. The third kappa shape index (κ3) is 3.94. The van der Waals surface area contributed by atoms with Crippen LogP contribution in [0.15, 0.2) is 40.7 Å². The number of fused-ring (bicyclic) bond motifs is 1. The Bertz CT molecular complexity index is 1120. The highest BCUT2D eigenvalue weighted by molar-refractivity contribution is 8.26. The Hall–Kier alpha value is -2.45. The molecule has 30 heavy (non-hydrogen) atoms. The van der Waals surface area contributed by atoms with Crippen molar-refractivity contribution in [1.29, 1.82) is 0 Å². The van der Waals surface area contributed by atoms with E-state index >= 15 is 0 Å². The Kier molecular flexibility index (Phi) is 6.06. The summed E-state index contributed by atoms with van der Waals surface area (Å²) in [5.74, 6) is 0.326. The topological polar surface area (TPSA) is 66.7 Å². The molecule has 0 bridgehead atoms. The average Bonchev–Trinajstić information content (AvgIpc) is 3.03. The number of aromatic nitrogens is 2. The minimum absolute atomic E-state index is 0.111. The van der Waals surface area contributed by atoms with Gasteiger partial charge in [0.2, 0.25) is 0 Å². The van der Waals surface area contributed by atoms with Crippen LogP contribution in [-0.2, 0) is 4.79 Å². The fourth-order valence-corrected chi connectivity index (χ4v) is 5.34. The lowest BCUT2D eigenvalue weighted by atomic mass is 9.94. The summed E-state index contributed by atoms with van der Waals surface area (Å²) in [5, 5.41) is 3.13. The number of aryl methyl sites for hydroxylation is 1. The number of amides is 1. The van der Waals surface area contributed by atoms with Gasteiger partial charge < -0.3 is 5.32 Å².